The van der Waals surface area contributed by atoms with Crippen LogP contribution in [0.3, 0.4) is 0 Å². The van der Waals surface area contributed by atoms with E-state index in [1.54, 1.807) is 12.1 Å². The van der Waals surface area contributed by atoms with E-state index in [9.17, 15) is 4.39 Å². The number of rotatable bonds is 6. The lowest BCUT2D eigenvalue weighted by molar-refractivity contribution is 0.639. The zero-order valence-electron chi connectivity index (χ0n) is 10.6. The Balaban J connectivity index is 2.08. The van der Waals surface area contributed by atoms with Crippen molar-refractivity contribution in [3.8, 4) is 0 Å². The highest BCUT2D eigenvalue weighted by molar-refractivity contribution is 5.89. The van der Waals surface area contributed by atoms with E-state index in [-0.39, 0.29) is 5.82 Å². The van der Waals surface area contributed by atoms with Crippen LogP contribution in [0.4, 0.5) is 10.2 Å². The Morgan fingerprint density at radius 3 is 2.89 bits per heavy atom. The second-order valence-electron chi connectivity index (χ2n) is 4.34. The van der Waals surface area contributed by atoms with E-state index in [4.69, 9.17) is 0 Å². The Bertz CT molecular complexity index is 508. The number of hydrogen-bond donors (Lipinski definition) is 1. The molecule has 0 aliphatic rings. The molecule has 0 saturated carbocycles. The maximum atomic E-state index is 13.8. The number of nitrogens with zero attached hydrogens (tertiary/aromatic N) is 2. The van der Waals surface area contributed by atoms with Gasteiger partial charge in [0.15, 0.2) is 0 Å². The first-order valence-corrected chi connectivity index (χ1v) is 6.46. The summed E-state index contributed by atoms with van der Waals surface area (Å²) in [4.78, 5) is 8.19. The zero-order valence-corrected chi connectivity index (χ0v) is 10.6. The lowest BCUT2D eigenvalue weighted by Crippen LogP contribution is -2.05. The summed E-state index contributed by atoms with van der Waals surface area (Å²) in [5.74, 6) is 0.318. The molecule has 1 aromatic carbocycles. The van der Waals surface area contributed by atoms with E-state index >= 15 is 0 Å². The number of unbranched alkanes of at least 4 members (excludes halogenated alkanes) is 3. The summed E-state index contributed by atoms with van der Waals surface area (Å²) in [5.41, 5.74) is 0.640. The molecule has 0 fully saturated rings. The van der Waals surface area contributed by atoms with Crippen molar-refractivity contribution in [2.45, 2.75) is 32.6 Å². The van der Waals surface area contributed by atoms with Gasteiger partial charge in [-0.2, -0.15) is 0 Å². The van der Waals surface area contributed by atoms with Gasteiger partial charge in [0.2, 0.25) is 0 Å². The Labute approximate surface area is 106 Å². The summed E-state index contributed by atoms with van der Waals surface area (Å²) in [6.07, 6.45) is 6.19. The molecular formula is C14H18FN3. The average Bonchev–Trinajstić information content (AvgIpc) is 2.39. The highest BCUT2D eigenvalue weighted by Gasteiger charge is 2.07. The quantitative estimate of drug-likeness (QED) is 0.790. The van der Waals surface area contributed by atoms with Crippen molar-refractivity contribution in [2.24, 2.45) is 0 Å². The molecule has 0 bridgehead atoms. The number of anilines is 1. The molecule has 0 spiro atoms. The molecule has 1 aromatic heterocycles. The first-order chi connectivity index (χ1) is 8.83. The van der Waals surface area contributed by atoms with E-state index in [0.717, 1.165) is 13.0 Å². The number of hydrogen-bond acceptors (Lipinski definition) is 3. The van der Waals surface area contributed by atoms with Gasteiger partial charge < -0.3 is 5.32 Å². The monoisotopic (exact) mass is 247 g/mol. The molecule has 18 heavy (non-hydrogen) atoms. The second kappa shape index (κ2) is 6.28. The molecule has 0 amide bonds. The van der Waals surface area contributed by atoms with Crippen LogP contribution in [-0.2, 0) is 0 Å². The van der Waals surface area contributed by atoms with E-state index in [1.165, 1.54) is 31.7 Å². The van der Waals surface area contributed by atoms with Crippen molar-refractivity contribution in [3.63, 3.8) is 0 Å². The molecule has 0 radical (unpaired) electrons. The van der Waals surface area contributed by atoms with Gasteiger partial charge in [0, 0.05) is 6.54 Å². The van der Waals surface area contributed by atoms with Crippen molar-refractivity contribution >= 4 is 16.7 Å². The first kappa shape index (κ1) is 12.7. The summed E-state index contributed by atoms with van der Waals surface area (Å²) in [6, 6.07) is 4.89. The van der Waals surface area contributed by atoms with Gasteiger partial charge in [-0.05, 0) is 18.6 Å². The van der Waals surface area contributed by atoms with E-state index < -0.39 is 0 Å². The maximum absolute atomic E-state index is 13.8. The van der Waals surface area contributed by atoms with Crippen molar-refractivity contribution in [2.75, 3.05) is 11.9 Å². The molecule has 3 nitrogen and oxygen atoms in total. The van der Waals surface area contributed by atoms with Crippen molar-refractivity contribution in [3.05, 3.63) is 30.3 Å². The number of nitrogens with one attached hydrogen (secondary N) is 1. The summed E-state index contributed by atoms with van der Waals surface area (Å²) in [5, 5.41) is 3.68. The molecule has 4 heteroatoms. The van der Waals surface area contributed by atoms with E-state index in [1.807, 2.05) is 0 Å². The highest BCUT2D eigenvalue weighted by atomic mass is 19.1. The van der Waals surface area contributed by atoms with E-state index in [0.29, 0.717) is 16.7 Å². The first-order valence-electron chi connectivity index (χ1n) is 6.46. The van der Waals surface area contributed by atoms with Crippen LogP contribution in [0, 0.1) is 5.82 Å². The Kier molecular flexibility index (Phi) is 4.45. The summed E-state index contributed by atoms with van der Waals surface area (Å²) in [6.45, 7) is 3.00. The van der Waals surface area contributed by atoms with Crippen molar-refractivity contribution < 1.29 is 4.39 Å². The van der Waals surface area contributed by atoms with Crippen molar-refractivity contribution in [1.82, 2.24) is 9.97 Å². The second-order valence-corrected chi connectivity index (χ2v) is 4.34. The summed E-state index contributed by atoms with van der Waals surface area (Å²) >= 11 is 0. The molecule has 96 valence electrons. The fraction of sp³-hybridized carbons (Fsp3) is 0.429. The fourth-order valence-electron chi connectivity index (χ4n) is 1.96. The lowest BCUT2D eigenvalue weighted by atomic mass is 10.2. The van der Waals surface area contributed by atoms with Crippen LogP contribution in [0.25, 0.3) is 10.9 Å². The molecule has 0 saturated heterocycles. The molecule has 1 N–H and O–H groups in total. The molecule has 2 rings (SSSR count). The average molecular weight is 247 g/mol. The zero-order chi connectivity index (χ0) is 12.8. The van der Waals surface area contributed by atoms with Crippen LogP contribution in [-0.4, -0.2) is 16.5 Å². The normalized spacial score (nSPS) is 10.8. The lowest BCUT2D eigenvalue weighted by Gasteiger charge is -2.08. The minimum absolute atomic E-state index is 0.274. The molecule has 2 aromatic rings. The molecule has 0 unspecified atom stereocenters. The minimum atomic E-state index is -0.274. The van der Waals surface area contributed by atoms with Gasteiger partial charge in [-0.1, -0.05) is 32.3 Å². The van der Waals surface area contributed by atoms with Crippen LogP contribution >= 0.6 is 0 Å². The van der Waals surface area contributed by atoms with Gasteiger partial charge in [-0.25, -0.2) is 14.4 Å². The van der Waals surface area contributed by atoms with Crippen LogP contribution in [0.5, 0.6) is 0 Å². The third-order valence-corrected chi connectivity index (χ3v) is 2.93. The van der Waals surface area contributed by atoms with Crippen LogP contribution < -0.4 is 5.32 Å². The molecule has 0 aliphatic heterocycles. The smallest absolute Gasteiger partial charge is 0.140 e. The highest BCUT2D eigenvalue weighted by Crippen LogP contribution is 2.22. The molecule has 0 aliphatic carbocycles. The Morgan fingerprint density at radius 1 is 1.17 bits per heavy atom. The SMILES string of the molecule is CCCCCCNc1ncnc2cccc(F)c12. The molecular weight excluding hydrogens is 229 g/mol. The van der Waals surface area contributed by atoms with E-state index in [2.05, 4.69) is 22.2 Å². The fourth-order valence-corrected chi connectivity index (χ4v) is 1.96. The Hall–Kier alpha value is -1.71. The van der Waals surface area contributed by atoms with Crippen LogP contribution in [0.2, 0.25) is 0 Å². The number of fused-ring (bicyclic) bond motifs is 1. The van der Waals surface area contributed by atoms with Gasteiger partial charge in [-0.15, -0.1) is 0 Å². The van der Waals surface area contributed by atoms with Gasteiger partial charge in [-0.3, -0.25) is 0 Å². The number of aromatic nitrogens is 2. The third-order valence-electron chi connectivity index (χ3n) is 2.93. The van der Waals surface area contributed by atoms with Gasteiger partial charge in [0.25, 0.3) is 0 Å². The molecule has 1 heterocycles. The summed E-state index contributed by atoms with van der Waals surface area (Å²) < 4.78 is 13.8. The third kappa shape index (κ3) is 2.94. The number of halogens is 1. The van der Waals surface area contributed by atoms with Crippen LogP contribution in [0.1, 0.15) is 32.6 Å². The van der Waals surface area contributed by atoms with Crippen LogP contribution in [0.15, 0.2) is 24.5 Å². The summed E-state index contributed by atoms with van der Waals surface area (Å²) in [7, 11) is 0. The van der Waals surface area contributed by atoms with Gasteiger partial charge in [0.05, 0.1) is 10.9 Å². The standard InChI is InChI=1S/C14H18FN3/c1-2-3-4-5-9-16-14-13-11(15)7-6-8-12(13)17-10-18-14/h6-8,10H,2-5,9H2,1H3,(H,16,17,18). The van der Waals surface area contributed by atoms with Crippen molar-refractivity contribution in [1.29, 1.82) is 0 Å². The predicted octanol–water partition coefficient (Wildman–Crippen LogP) is 3.76. The minimum Gasteiger partial charge on any atom is -0.369 e. The Morgan fingerprint density at radius 2 is 2.06 bits per heavy atom. The van der Waals surface area contributed by atoms with Gasteiger partial charge in [0.1, 0.15) is 18.0 Å². The molecule has 0 atom stereocenters. The topological polar surface area (TPSA) is 37.8 Å². The predicted molar refractivity (Wildman–Crippen MR) is 72.1 cm³/mol. The number of benzene rings is 1. The van der Waals surface area contributed by atoms with Gasteiger partial charge >= 0.3 is 0 Å². The largest absolute Gasteiger partial charge is 0.369 e. The maximum Gasteiger partial charge on any atom is 0.140 e.